The van der Waals surface area contributed by atoms with Crippen molar-refractivity contribution >= 4 is 27.6 Å². The molecule has 2 amide bonds. The number of nitrogens with zero attached hydrogens (tertiary/aromatic N) is 2. The highest BCUT2D eigenvalue weighted by Crippen LogP contribution is 2.15. The van der Waals surface area contributed by atoms with Gasteiger partial charge in [0.15, 0.2) is 0 Å². The fourth-order valence-corrected chi connectivity index (χ4v) is 2.77. The number of carbonyl (C=O) groups is 1. The van der Waals surface area contributed by atoms with Gasteiger partial charge < -0.3 is 10.6 Å². The molecule has 3 rings (SSSR count). The number of carbonyl (C=O) groups excluding carboxylic acids is 1. The van der Waals surface area contributed by atoms with Crippen LogP contribution in [0.5, 0.6) is 0 Å². The molecule has 0 bridgehead atoms. The summed E-state index contributed by atoms with van der Waals surface area (Å²) in [5.41, 5.74) is 2.94. The van der Waals surface area contributed by atoms with Crippen LogP contribution in [-0.4, -0.2) is 15.8 Å². The van der Waals surface area contributed by atoms with E-state index in [2.05, 4.69) is 31.7 Å². The quantitative estimate of drug-likeness (QED) is 0.697. The smallest absolute Gasteiger partial charge is 0.319 e. The molecule has 3 aromatic rings. The number of hydrogen-bond acceptors (Lipinski definition) is 2. The molecule has 0 saturated heterocycles. The molecule has 0 spiro atoms. The monoisotopic (exact) mass is 384 g/mol. The van der Waals surface area contributed by atoms with E-state index in [9.17, 15) is 4.79 Å². The van der Waals surface area contributed by atoms with Crippen molar-refractivity contribution in [2.45, 2.75) is 13.1 Å². The SMILES string of the molecule is O=C(NCc1ccccc1Cn1cccn1)Nc1cccc(Br)c1. The fraction of sp³-hybridized carbons (Fsp3) is 0.111. The molecule has 0 fully saturated rings. The maximum Gasteiger partial charge on any atom is 0.319 e. The summed E-state index contributed by atoms with van der Waals surface area (Å²) < 4.78 is 2.78. The van der Waals surface area contributed by atoms with Crippen molar-refractivity contribution in [3.8, 4) is 0 Å². The van der Waals surface area contributed by atoms with Gasteiger partial charge in [0.2, 0.25) is 0 Å². The van der Waals surface area contributed by atoms with E-state index in [4.69, 9.17) is 0 Å². The Hall–Kier alpha value is -2.60. The molecule has 1 aromatic heterocycles. The Kier molecular flexibility index (Phi) is 5.28. The molecule has 0 unspecified atom stereocenters. The number of hydrogen-bond donors (Lipinski definition) is 2. The fourth-order valence-electron chi connectivity index (χ4n) is 2.37. The molecular formula is C18H17BrN4O. The zero-order chi connectivity index (χ0) is 16.8. The van der Waals surface area contributed by atoms with Crippen LogP contribution in [0, 0.1) is 0 Å². The van der Waals surface area contributed by atoms with E-state index < -0.39 is 0 Å². The van der Waals surface area contributed by atoms with Gasteiger partial charge in [-0.15, -0.1) is 0 Å². The van der Waals surface area contributed by atoms with Crippen molar-refractivity contribution in [2.75, 3.05) is 5.32 Å². The first-order valence-corrected chi connectivity index (χ1v) is 8.34. The molecule has 0 aliphatic heterocycles. The Morgan fingerprint density at radius 2 is 1.92 bits per heavy atom. The third-order valence-corrected chi connectivity index (χ3v) is 4.03. The highest BCUT2D eigenvalue weighted by molar-refractivity contribution is 9.10. The van der Waals surface area contributed by atoms with Crippen LogP contribution in [-0.2, 0) is 13.1 Å². The van der Waals surface area contributed by atoms with E-state index in [1.54, 1.807) is 6.20 Å². The van der Waals surface area contributed by atoms with Gasteiger partial charge in [-0.25, -0.2) is 4.79 Å². The number of rotatable bonds is 5. The summed E-state index contributed by atoms with van der Waals surface area (Å²) in [4.78, 5) is 12.1. The lowest BCUT2D eigenvalue weighted by Crippen LogP contribution is -2.28. The topological polar surface area (TPSA) is 59.0 Å². The van der Waals surface area contributed by atoms with E-state index >= 15 is 0 Å². The Morgan fingerprint density at radius 1 is 1.08 bits per heavy atom. The highest BCUT2D eigenvalue weighted by Gasteiger charge is 2.06. The first kappa shape index (κ1) is 16.3. The van der Waals surface area contributed by atoms with Crippen LogP contribution >= 0.6 is 15.9 Å². The molecule has 5 nitrogen and oxygen atoms in total. The summed E-state index contributed by atoms with van der Waals surface area (Å²) in [7, 11) is 0. The van der Waals surface area contributed by atoms with Crippen LogP contribution in [0.2, 0.25) is 0 Å². The van der Waals surface area contributed by atoms with Gasteiger partial charge in [0.1, 0.15) is 0 Å². The van der Waals surface area contributed by atoms with Crippen molar-refractivity contribution in [2.24, 2.45) is 0 Å². The van der Waals surface area contributed by atoms with Gasteiger partial charge in [0.05, 0.1) is 6.54 Å². The molecule has 1 heterocycles. The molecule has 24 heavy (non-hydrogen) atoms. The van der Waals surface area contributed by atoms with E-state index in [0.29, 0.717) is 13.1 Å². The van der Waals surface area contributed by atoms with E-state index in [0.717, 1.165) is 21.3 Å². The van der Waals surface area contributed by atoms with Crippen LogP contribution in [0.4, 0.5) is 10.5 Å². The number of aromatic nitrogens is 2. The average molecular weight is 385 g/mol. The van der Waals surface area contributed by atoms with Crippen molar-refractivity contribution in [1.82, 2.24) is 15.1 Å². The third-order valence-electron chi connectivity index (χ3n) is 3.53. The Morgan fingerprint density at radius 3 is 2.67 bits per heavy atom. The predicted molar refractivity (Wildman–Crippen MR) is 97.8 cm³/mol. The number of anilines is 1. The summed E-state index contributed by atoms with van der Waals surface area (Å²) >= 11 is 3.39. The standard InChI is InChI=1S/C18H17BrN4O/c19-16-7-3-8-17(11-16)22-18(24)20-12-14-5-1-2-6-15(14)13-23-10-4-9-21-23/h1-11H,12-13H2,(H2,20,22,24). The minimum atomic E-state index is -0.234. The normalized spacial score (nSPS) is 10.4. The van der Waals surface area contributed by atoms with Crippen LogP contribution in [0.25, 0.3) is 0 Å². The van der Waals surface area contributed by atoms with Crippen molar-refractivity contribution in [3.05, 3.63) is 82.6 Å². The molecule has 6 heteroatoms. The largest absolute Gasteiger partial charge is 0.334 e. The summed E-state index contributed by atoms with van der Waals surface area (Å²) in [5, 5.41) is 9.94. The Bertz CT molecular complexity index is 817. The number of nitrogens with one attached hydrogen (secondary N) is 2. The molecule has 0 aliphatic carbocycles. The number of benzene rings is 2. The van der Waals surface area contributed by atoms with E-state index in [-0.39, 0.29) is 6.03 Å². The maximum absolute atomic E-state index is 12.1. The zero-order valence-electron chi connectivity index (χ0n) is 12.9. The summed E-state index contributed by atoms with van der Waals surface area (Å²) in [6.45, 7) is 1.13. The molecule has 0 aliphatic rings. The summed E-state index contributed by atoms with van der Waals surface area (Å²) in [6, 6.07) is 17.2. The Labute approximate surface area is 148 Å². The minimum absolute atomic E-state index is 0.234. The van der Waals surface area contributed by atoms with Crippen LogP contribution < -0.4 is 10.6 Å². The number of urea groups is 1. The van der Waals surface area contributed by atoms with Crippen LogP contribution in [0.1, 0.15) is 11.1 Å². The van der Waals surface area contributed by atoms with Gasteiger partial charge in [-0.05, 0) is 35.4 Å². The molecule has 0 atom stereocenters. The van der Waals surface area contributed by atoms with Gasteiger partial charge in [-0.1, -0.05) is 46.3 Å². The number of halogens is 1. The third kappa shape index (κ3) is 4.45. The van der Waals surface area contributed by atoms with Crippen molar-refractivity contribution < 1.29 is 4.79 Å². The van der Waals surface area contributed by atoms with Gasteiger partial charge >= 0.3 is 6.03 Å². The molecule has 0 saturated carbocycles. The maximum atomic E-state index is 12.1. The molecular weight excluding hydrogens is 368 g/mol. The lowest BCUT2D eigenvalue weighted by atomic mass is 10.1. The number of amides is 2. The Balaban J connectivity index is 1.61. The second-order valence-corrected chi connectivity index (χ2v) is 6.21. The van der Waals surface area contributed by atoms with E-state index in [1.807, 2.05) is 65.5 Å². The lowest BCUT2D eigenvalue weighted by molar-refractivity contribution is 0.251. The zero-order valence-corrected chi connectivity index (χ0v) is 14.5. The van der Waals surface area contributed by atoms with Gasteiger partial charge in [0, 0.05) is 29.1 Å². The second-order valence-electron chi connectivity index (χ2n) is 5.29. The summed E-state index contributed by atoms with van der Waals surface area (Å²) in [5.74, 6) is 0. The van der Waals surface area contributed by atoms with Crippen LogP contribution in [0.3, 0.4) is 0 Å². The molecule has 122 valence electrons. The lowest BCUT2D eigenvalue weighted by Gasteiger charge is -2.12. The molecule has 2 N–H and O–H groups in total. The average Bonchev–Trinajstić information content (AvgIpc) is 3.07. The second kappa shape index (κ2) is 7.79. The first-order chi connectivity index (χ1) is 11.7. The summed E-state index contributed by atoms with van der Waals surface area (Å²) in [6.07, 6.45) is 3.68. The predicted octanol–water partition coefficient (Wildman–Crippen LogP) is 4.02. The van der Waals surface area contributed by atoms with E-state index in [1.165, 1.54) is 0 Å². The minimum Gasteiger partial charge on any atom is -0.334 e. The van der Waals surface area contributed by atoms with Gasteiger partial charge in [-0.3, -0.25) is 4.68 Å². The molecule has 2 aromatic carbocycles. The first-order valence-electron chi connectivity index (χ1n) is 7.55. The van der Waals surface area contributed by atoms with Gasteiger partial charge in [0.25, 0.3) is 0 Å². The van der Waals surface area contributed by atoms with Crippen molar-refractivity contribution in [3.63, 3.8) is 0 Å². The molecule has 0 radical (unpaired) electrons. The van der Waals surface area contributed by atoms with Crippen LogP contribution in [0.15, 0.2) is 71.5 Å². The van der Waals surface area contributed by atoms with Crippen molar-refractivity contribution in [1.29, 1.82) is 0 Å². The van der Waals surface area contributed by atoms with Gasteiger partial charge in [-0.2, -0.15) is 5.10 Å². The highest BCUT2D eigenvalue weighted by atomic mass is 79.9.